The first-order valence-corrected chi connectivity index (χ1v) is 9.78. The molecule has 0 radical (unpaired) electrons. The maximum Gasteiger partial charge on any atom is 0.0999 e. The Morgan fingerprint density at radius 2 is 1.36 bits per heavy atom. The molecular weight excluding hydrogens is 440 g/mol. The van der Waals surface area contributed by atoms with E-state index in [0.29, 0.717) is 0 Å². The van der Waals surface area contributed by atoms with Gasteiger partial charge in [-0.2, -0.15) is 5.10 Å². The Labute approximate surface area is 164 Å². The minimum atomic E-state index is 0.801. The Bertz CT molecular complexity index is 992. The van der Waals surface area contributed by atoms with E-state index in [1.165, 1.54) is 11.1 Å². The van der Waals surface area contributed by atoms with Crippen LogP contribution in [-0.4, -0.2) is 9.78 Å². The van der Waals surface area contributed by atoms with Crippen LogP contribution in [0.1, 0.15) is 6.92 Å². The van der Waals surface area contributed by atoms with Gasteiger partial charge in [0.2, 0.25) is 0 Å². The van der Waals surface area contributed by atoms with Gasteiger partial charge in [0.1, 0.15) is 0 Å². The molecule has 0 aromatic heterocycles. The van der Waals surface area contributed by atoms with Crippen molar-refractivity contribution in [2.24, 2.45) is 0 Å². The Balaban J connectivity index is 2.11. The van der Waals surface area contributed by atoms with Crippen LogP contribution in [-0.2, 0) is 6.54 Å². The monoisotopic (exact) mass is 454 g/mol. The molecule has 0 atom stereocenters. The molecule has 2 aromatic rings. The van der Waals surface area contributed by atoms with Crippen LogP contribution in [0, 0.1) is 0 Å². The number of hydrogen-bond donors (Lipinski definition) is 0. The summed E-state index contributed by atoms with van der Waals surface area (Å²) >= 11 is 7.50. The van der Waals surface area contributed by atoms with E-state index in [9.17, 15) is 0 Å². The van der Waals surface area contributed by atoms with Crippen LogP contribution in [0.15, 0.2) is 75.7 Å². The maximum absolute atomic E-state index is 5.01. The lowest BCUT2D eigenvalue weighted by Gasteiger charge is -2.20. The fraction of sp³-hybridized carbons (Fsp3) is 0.0952. The van der Waals surface area contributed by atoms with E-state index in [4.69, 9.17) is 5.10 Å². The normalized spacial score (nSPS) is 11.2. The van der Waals surface area contributed by atoms with Crippen molar-refractivity contribution < 1.29 is 0 Å². The number of fused-ring (bicyclic) bond motifs is 1. The smallest absolute Gasteiger partial charge is 0.0999 e. The second kappa shape index (κ2) is 6.77. The molecule has 4 heteroatoms. The second-order valence-electron chi connectivity index (χ2n) is 5.84. The van der Waals surface area contributed by atoms with Gasteiger partial charge in [-0.3, -0.25) is 4.68 Å². The van der Waals surface area contributed by atoms with E-state index < -0.39 is 0 Å². The summed E-state index contributed by atoms with van der Waals surface area (Å²) < 4.78 is 4.23. The fourth-order valence-corrected chi connectivity index (χ4v) is 4.76. The highest BCUT2D eigenvalue weighted by Gasteiger charge is 2.26. The number of aromatic nitrogens is 2. The Hall–Kier alpha value is -1.91. The van der Waals surface area contributed by atoms with Crippen LogP contribution in [0.4, 0.5) is 0 Å². The van der Waals surface area contributed by atoms with E-state index in [1.54, 1.807) is 0 Å². The van der Waals surface area contributed by atoms with E-state index in [0.717, 1.165) is 38.0 Å². The molecule has 4 rings (SSSR count). The van der Waals surface area contributed by atoms with Crippen LogP contribution in [0.2, 0.25) is 0 Å². The lowest BCUT2D eigenvalue weighted by Crippen LogP contribution is -2.10. The summed E-state index contributed by atoms with van der Waals surface area (Å²) in [4.78, 5) is 0. The Kier molecular flexibility index (Phi) is 4.48. The second-order valence-corrected chi connectivity index (χ2v) is 7.54. The zero-order valence-corrected chi connectivity index (χ0v) is 16.9. The van der Waals surface area contributed by atoms with E-state index in [2.05, 4.69) is 98.1 Å². The minimum Gasteiger partial charge on any atom is -0.264 e. The first kappa shape index (κ1) is 16.6. The summed E-state index contributed by atoms with van der Waals surface area (Å²) in [6.45, 7) is 2.93. The SMILES string of the molecule is CCn1nc(-c2ccccc2)c2c(Br)cc(Br)c-2c1-c1ccccc1. The highest BCUT2D eigenvalue weighted by Crippen LogP contribution is 2.48. The number of nitrogens with zero attached hydrogens (tertiary/aromatic N) is 2. The molecule has 0 amide bonds. The van der Waals surface area contributed by atoms with E-state index in [-0.39, 0.29) is 0 Å². The zero-order chi connectivity index (χ0) is 17.4. The van der Waals surface area contributed by atoms with Crippen LogP contribution < -0.4 is 0 Å². The molecule has 0 fully saturated rings. The van der Waals surface area contributed by atoms with E-state index in [1.807, 2.05) is 12.1 Å². The third-order valence-corrected chi connectivity index (χ3v) is 5.58. The van der Waals surface area contributed by atoms with Gasteiger partial charge in [0.05, 0.1) is 11.4 Å². The Morgan fingerprint density at radius 3 is 1.96 bits per heavy atom. The summed E-state index contributed by atoms with van der Waals surface area (Å²) in [6, 6.07) is 22.9. The third-order valence-electron chi connectivity index (χ3n) is 4.33. The third kappa shape index (κ3) is 2.83. The summed E-state index contributed by atoms with van der Waals surface area (Å²) in [7, 11) is 0. The van der Waals surface area contributed by atoms with Gasteiger partial charge in [0.15, 0.2) is 0 Å². The fourth-order valence-electron chi connectivity index (χ4n) is 3.22. The van der Waals surface area contributed by atoms with Crippen molar-refractivity contribution >= 4 is 31.9 Å². The van der Waals surface area contributed by atoms with Crippen LogP contribution in [0.5, 0.6) is 0 Å². The molecule has 2 aliphatic rings. The van der Waals surface area contributed by atoms with Gasteiger partial charge in [-0.05, 0) is 13.0 Å². The molecule has 0 N–H and O–H groups in total. The van der Waals surface area contributed by atoms with Crippen LogP contribution in [0.3, 0.4) is 0 Å². The van der Waals surface area contributed by atoms with Gasteiger partial charge >= 0.3 is 0 Å². The number of halogens is 2. The summed E-state index contributed by atoms with van der Waals surface area (Å²) in [5.41, 5.74) is 6.74. The number of hydrogen-bond acceptors (Lipinski definition) is 1. The molecular formula is C21H16Br2N2. The minimum absolute atomic E-state index is 0.801. The van der Waals surface area contributed by atoms with Gasteiger partial charge in [0.25, 0.3) is 0 Å². The predicted molar refractivity (Wildman–Crippen MR) is 111 cm³/mol. The molecule has 0 spiro atoms. The molecule has 25 heavy (non-hydrogen) atoms. The molecule has 0 saturated heterocycles. The molecule has 0 bridgehead atoms. The number of aryl methyl sites for hydroxylation is 1. The molecule has 2 aromatic carbocycles. The van der Waals surface area contributed by atoms with Crippen molar-refractivity contribution in [1.29, 1.82) is 0 Å². The largest absolute Gasteiger partial charge is 0.264 e. The van der Waals surface area contributed by atoms with Gasteiger partial charge in [-0.15, -0.1) is 0 Å². The molecule has 0 saturated carbocycles. The zero-order valence-electron chi connectivity index (χ0n) is 13.7. The molecule has 124 valence electrons. The molecule has 1 heterocycles. The van der Waals surface area contributed by atoms with Gasteiger partial charge in [0, 0.05) is 37.7 Å². The van der Waals surface area contributed by atoms with Gasteiger partial charge in [-0.25, -0.2) is 0 Å². The van der Waals surface area contributed by atoms with Crippen LogP contribution in [0.25, 0.3) is 33.6 Å². The van der Waals surface area contributed by atoms with Gasteiger partial charge < -0.3 is 0 Å². The number of rotatable bonds is 3. The maximum atomic E-state index is 5.01. The quantitative estimate of drug-likeness (QED) is 0.329. The lowest BCUT2D eigenvalue weighted by molar-refractivity contribution is 0.653. The lowest BCUT2D eigenvalue weighted by atomic mass is 9.98. The van der Waals surface area contributed by atoms with Crippen molar-refractivity contribution in [3.05, 3.63) is 75.7 Å². The number of benzene rings is 2. The summed E-state index contributed by atoms with van der Waals surface area (Å²) in [6.07, 6.45) is 0. The first-order chi connectivity index (χ1) is 12.2. The average molecular weight is 456 g/mol. The van der Waals surface area contributed by atoms with Crippen molar-refractivity contribution in [2.75, 3.05) is 0 Å². The molecule has 0 unspecified atom stereocenters. The standard InChI is InChI=1S/C21H16Br2N2/c1-2-25-21(15-11-7-4-8-12-15)19-17(23)13-16(22)18(19)20(24-25)14-9-5-3-6-10-14/h3-13H,2H2,1H3. The average Bonchev–Trinajstić information content (AvgIpc) is 2.96. The molecule has 2 nitrogen and oxygen atoms in total. The summed E-state index contributed by atoms with van der Waals surface area (Å²) in [5.74, 6) is 0. The van der Waals surface area contributed by atoms with E-state index >= 15 is 0 Å². The van der Waals surface area contributed by atoms with Gasteiger partial charge in [-0.1, -0.05) is 92.5 Å². The highest BCUT2D eigenvalue weighted by atomic mass is 79.9. The van der Waals surface area contributed by atoms with Crippen molar-refractivity contribution in [3.63, 3.8) is 0 Å². The highest BCUT2D eigenvalue weighted by molar-refractivity contribution is 9.11. The topological polar surface area (TPSA) is 17.8 Å². The van der Waals surface area contributed by atoms with Crippen molar-refractivity contribution in [1.82, 2.24) is 9.78 Å². The van der Waals surface area contributed by atoms with Crippen molar-refractivity contribution in [2.45, 2.75) is 13.5 Å². The molecule has 1 aliphatic heterocycles. The van der Waals surface area contributed by atoms with Crippen LogP contribution >= 0.6 is 31.9 Å². The molecule has 1 aliphatic carbocycles. The summed E-state index contributed by atoms with van der Waals surface area (Å²) in [5, 5.41) is 5.01. The predicted octanol–water partition coefficient (Wildman–Crippen LogP) is 6.87. The first-order valence-electron chi connectivity index (χ1n) is 8.20. The van der Waals surface area contributed by atoms with Crippen molar-refractivity contribution in [3.8, 4) is 33.6 Å². The Morgan fingerprint density at radius 1 is 0.800 bits per heavy atom.